The number of fused-ring (bicyclic) bond motifs is 2. The standard InChI is InChI=1S/C26H24N4O6/c1-24-21(16-8-6-7-9-17(16)32-3)26(14-29,23(30)36-24)25(12-27,13-28)22(35-24)20-18(33-4)10-15(31-2)11-19(20)34-5/h6-11,21-22,30H,1-5H3. The van der Waals surface area contributed by atoms with E-state index in [9.17, 15) is 15.8 Å². The molecule has 36 heavy (non-hydrogen) atoms. The zero-order valence-electron chi connectivity index (χ0n) is 20.4. The Balaban J connectivity index is 2.10. The molecule has 0 radical (unpaired) electrons. The molecule has 2 fully saturated rings. The first-order chi connectivity index (χ1) is 17.3. The lowest BCUT2D eigenvalue weighted by atomic mass is 9.52. The first kappa shape index (κ1) is 24.7. The smallest absolute Gasteiger partial charge is 0.219 e. The summed E-state index contributed by atoms with van der Waals surface area (Å²) in [7, 11) is 5.76. The van der Waals surface area contributed by atoms with E-state index in [1.54, 1.807) is 43.3 Å². The Kier molecular flexibility index (Phi) is 5.92. The number of hydrogen-bond acceptors (Lipinski definition) is 10. The van der Waals surface area contributed by atoms with Crippen molar-refractivity contribution >= 4 is 5.90 Å². The molecule has 0 saturated carbocycles. The van der Waals surface area contributed by atoms with Gasteiger partial charge in [-0.1, -0.05) is 18.2 Å². The number of nitriles is 3. The van der Waals surface area contributed by atoms with Gasteiger partial charge in [-0.15, -0.1) is 0 Å². The molecule has 2 aliphatic heterocycles. The molecule has 0 spiro atoms. The maximum absolute atomic E-state index is 10.7. The van der Waals surface area contributed by atoms with Crippen molar-refractivity contribution in [2.45, 2.75) is 24.7 Å². The SMILES string of the molecule is COc1cc(OC)c(C2OC3(C)OC(=N)C(C#N)(C3c3ccccc3OC)C2(C#N)C#N)c(OC)c1. The molecule has 2 heterocycles. The first-order valence-corrected chi connectivity index (χ1v) is 10.9. The monoisotopic (exact) mass is 488 g/mol. The zero-order valence-corrected chi connectivity index (χ0v) is 20.4. The van der Waals surface area contributed by atoms with E-state index in [0.29, 0.717) is 17.1 Å². The topological polar surface area (TPSA) is 151 Å². The lowest BCUT2D eigenvalue weighted by molar-refractivity contribution is -0.254. The molecule has 10 heteroatoms. The van der Waals surface area contributed by atoms with Crippen molar-refractivity contribution in [2.24, 2.45) is 10.8 Å². The third-order valence-corrected chi connectivity index (χ3v) is 6.98. The quantitative estimate of drug-likeness (QED) is 0.639. The normalized spacial score (nSPS) is 27.6. The number of nitrogens with one attached hydrogen (secondary N) is 1. The summed E-state index contributed by atoms with van der Waals surface area (Å²) in [5, 5.41) is 40.7. The molecule has 2 bridgehead atoms. The average Bonchev–Trinajstić information content (AvgIpc) is 3.09. The summed E-state index contributed by atoms with van der Waals surface area (Å²) in [5.74, 6) is -1.99. The summed E-state index contributed by atoms with van der Waals surface area (Å²) in [5.41, 5.74) is -3.64. The minimum atomic E-state index is -2.25. The molecular weight excluding hydrogens is 464 g/mol. The lowest BCUT2D eigenvalue weighted by Gasteiger charge is -2.49. The number of rotatable bonds is 6. The molecule has 4 rings (SSSR count). The molecule has 4 unspecified atom stereocenters. The highest BCUT2D eigenvalue weighted by Crippen LogP contribution is 2.71. The number of methoxy groups -OCH3 is 4. The second kappa shape index (κ2) is 8.64. The Hall–Kier alpha value is -4.46. The van der Waals surface area contributed by atoms with Crippen molar-refractivity contribution in [1.82, 2.24) is 0 Å². The molecule has 10 nitrogen and oxygen atoms in total. The second-order valence-corrected chi connectivity index (χ2v) is 8.52. The number of ether oxygens (including phenoxy) is 6. The third kappa shape index (κ3) is 2.94. The minimum absolute atomic E-state index is 0.212. The van der Waals surface area contributed by atoms with Crippen LogP contribution < -0.4 is 18.9 Å². The van der Waals surface area contributed by atoms with Gasteiger partial charge in [-0.3, -0.25) is 5.41 Å². The minimum Gasteiger partial charge on any atom is -0.496 e. The lowest BCUT2D eigenvalue weighted by Crippen LogP contribution is -2.57. The van der Waals surface area contributed by atoms with Gasteiger partial charge in [0, 0.05) is 24.6 Å². The van der Waals surface area contributed by atoms with Crippen LogP contribution in [-0.4, -0.2) is 40.1 Å². The Bertz CT molecular complexity index is 1320. The van der Waals surface area contributed by atoms with E-state index < -0.39 is 34.5 Å². The number of hydrogen-bond donors (Lipinski definition) is 1. The van der Waals surface area contributed by atoms with Gasteiger partial charge in [0.2, 0.25) is 17.1 Å². The Labute approximate surface area is 208 Å². The fourth-order valence-electron chi connectivity index (χ4n) is 5.40. The summed E-state index contributed by atoms with van der Waals surface area (Å²) in [6.07, 6.45) is -1.40. The van der Waals surface area contributed by atoms with Gasteiger partial charge in [0.15, 0.2) is 5.41 Å². The predicted molar refractivity (Wildman–Crippen MR) is 125 cm³/mol. The van der Waals surface area contributed by atoms with Crippen molar-refractivity contribution in [1.29, 1.82) is 21.2 Å². The van der Waals surface area contributed by atoms with Gasteiger partial charge < -0.3 is 28.4 Å². The van der Waals surface area contributed by atoms with Crippen LogP contribution in [0.3, 0.4) is 0 Å². The molecule has 184 valence electrons. The van der Waals surface area contributed by atoms with Crippen LogP contribution in [0, 0.1) is 50.2 Å². The Morgan fingerprint density at radius 3 is 1.94 bits per heavy atom. The van der Waals surface area contributed by atoms with Crippen LogP contribution in [0.5, 0.6) is 23.0 Å². The van der Waals surface area contributed by atoms with Crippen molar-refractivity contribution < 1.29 is 28.4 Å². The van der Waals surface area contributed by atoms with E-state index >= 15 is 0 Å². The molecule has 0 aliphatic carbocycles. The van der Waals surface area contributed by atoms with Crippen LogP contribution in [0.15, 0.2) is 36.4 Å². The van der Waals surface area contributed by atoms with E-state index in [2.05, 4.69) is 6.07 Å². The van der Waals surface area contributed by atoms with E-state index in [4.69, 9.17) is 33.8 Å². The van der Waals surface area contributed by atoms with Crippen molar-refractivity contribution in [3.05, 3.63) is 47.5 Å². The highest BCUT2D eigenvalue weighted by molar-refractivity contribution is 5.91. The van der Waals surface area contributed by atoms with Crippen LogP contribution in [0.25, 0.3) is 0 Å². The van der Waals surface area contributed by atoms with Crippen LogP contribution in [-0.2, 0) is 9.47 Å². The number of benzene rings is 2. The van der Waals surface area contributed by atoms with E-state index in [0.717, 1.165) is 0 Å². The van der Waals surface area contributed by atoms with Gasteiger partial charge in [-0.2, -0.15) is 15.8 Å². The summed E-state index contributed by atoms with van der Waals surface area (Å²) < 4.78 is 34.4. The van der Waals surface area contributed by atoms with Gasteiger partial charge in [-0.25, -0.2) is 0 Å². The molecule has 2 aliphatic rings. The molecular formula is C26H24N4O6. The van der Waals surface area contributed by atoms with Gasteiger partial charge in [0.1, 0.15) is 29.1 Å². The van der Waals surface area contributed by atoms with Crippen LogP contribution in [0.1, 0.15) is 30.1 Å². The van der Waals surface area contributed by atoms with Gasteiger partial charge >= 0.3 is 0 Å². The summed E-state index contributed by atoms with van der Waals surface area (Å²) in [6, 6.07) is 16.2. The van der Waals surface area contributed by atoms with Gasteiger partial charge in [0.05, 0.1) is 58.1 Å². The van der Waals surface area contributed by atoms with E-state index in [-0.39, 0.29) is 17.1 Å². The molecule has 2 saturated heterocycles. The number of nitrogens with zero attached hydrogens (tertiary/aromatic N) is 3. The van der Waals surface area contributed by atoms with Crippen molar-refractivity contribution in [3.8, 4) is 41.2 Å². The van der Waals surface area contributed by atoms with Gasteiger partial charge in [-0.05, 0) is 6.07 Å². The highest BCUT2D eigenvalue weighted by Gasteiger charge is 2.80. The maximum atomic E-state index is 10.7. The van der Waals surface area contributed by atoms with Crippen molar-refractivity contribution in [3.63, 3.8) is 0 Å². The molecule has 1 N–H and O–H groups in total. The fraction of sp³-hybridized carbons (Fsp3) is 0.385. The molecule has 4 atom stereocenters. The molecule has 2 aromatic rings. The summed E-state index contributed by atoms with van der Waals surface area (Å²) >= 11 is 0. The van der Waals surface area contributed by atoms with Crippen LogP contribution in [0.4, 0.5) is 0 Å². The fourth-order valence-corrected chi connectivity index (χ4v) is 5.40. The van der Waals surface area contributed by atoms with Crippen molar-refractivity contribution in [2.75, 3.05) is 28.4 Å². The largest absolute Gasteiger partial charge is 0.496 e. The average molecular weight is 489 g/mol. The maximum Gasteiger partial charge on any atom is 0.219 e. The molecule has 0 amide bonds. The molecule has 0 aromatic heterocycles. The Morgan fingerprint density at radius 2 is 1.44 bits per heavy atom. The zero-order chi connectivity index (χ0) is 26.3. The summed E-state index contributed by atoms with van der Waals surface area (Å²) in [6.45, 7) is 1.58. The second-order valence-electron chi connectivity index (χ2n) is 8.52. The summed E-state index contributed by atoms with van der Waals surface area (Å²) in [4.78, 5) is 0. The first-order valence-electron chi connectivity index (χ1n) is 10.9. The van der Waals surface area contributed by atoms with Crippen LogP contribution >= 0.6 is 0 Å². The molecule has 2 aromatic carbocycles. The number of para-hydroxylation sites is 1. The van der Waals surface area contributed by atoms with Crippen LogP contribution in [0.2, 0.25) is 0 Å². The predicted octanol–water partition coefficient (Wildman–Crippen LogP) is 3.84. The Morgan fingerprint density at radius 1 is 0.861 bits per heavy atom. The van der Waals surface area contributed by atoms with E-state index in [1.165, 1.54) is 28.4 Å². The highest BCUT2D eigenvalue weighted by atomic mass is 16.7. The van der Waals surface area contributed by atoms with E-state index in [1.807, 2.05) is 12.1 Å². The third-order valence-electron chi connectivity index (χ3n) is 6.98. The van der Waals surface area contributed by atoms with Gasteiger partial charge in [0.25, 0.3) is 0 Å².